The van der Waals surface area contributed by atoms with Crippen molar-refractivity contribution in [1.29, 1.82) is 0 Å². The molecule has 4 rings (SSSR count). The molecule has 0 fully saturated rings. The fourth-order valence-corrected chi connectivity index (χ4v) is 3.78. The highest BCUT2D eigenvalue weighted by Gasteiger charge is 2.00. The Hall–Kier alpha value is -3.95. The zero-order valence-electron chi connectivity index (χ0n) is 19.3. The molecule has 0 radical (unpaired) electrons. The van der Waals surface area contributed by atoms with E-state index < -0.39 is 0 Å². The van der Waals surface area contributed by atoms with E-state index in [1.807, 2.05) is 72.9 Å². The Labute approximate surface area is 211 Å². The largest absolute Gasteiger partial charge is 0.463 e. The van der Waals surface area contributed by atoms with E-state index in [2.05, 4.69) is 41.4 Å². The van der Waals surface area contributed by atoms with Gasteiger partial charge in [-0.1, -0.05) is 90.5 Å². The number of carbonyl (C=O) groups is 1. The van der Waals surface area contributed by atoms with Crippen LogP contribution in [0.5, 0.6) is 0 Å². The average molecular weight is 480 g/mol. The molecule has 0 saturated heterocycles. The maximum Gasteiger partial charge on any atom is 0.330 e. The van der Waals surface area contributed by atoms with Crippen molar-refractivity contribution in [2.24, 2.45) is 4.99 Å². The van der Waals surface area contributed by atoms with Crippen LogP contribution in [0.1, 0.15) is 23.1 Å². The number of hydrogen-bond donors (Lipinski definition) is 0. The van der Waals surface area contributed by atoms with E-state index in [-0.39, 0.29) is 5.97 Å². The summed E-state index contributed by atoms with van der Waals surface area (Å²) < 4.78 is 5.28. The van der Waals surface area contributed by atoms with Crippen LogP contribution in [0.15, 0.2) is 114 Å². The van der Waals surface area contributed by atoms with Crippen LogP contribution in [0.4, 0.5) is 5.69 Å². The fraction of sp³-hybridized carbons (Fsp3) is 0.0968. The second-order valence-electron chi connectivity index (χ2n) is 8.07. The molecular formula is C31H26ClNO2. The first-order valence-corrected chi connectivity index (χ1v) is 11.9. The minimum atomic E-state index is -0.350. The first kappa shape index (κ1) is 24.2. The van der Waals surface area contributed by atoms with Crippen molar-refractivity contribution in [3.63, 3.8) is 0 Å². The quantitative estimate of drug-likeness (QED) is 0.106. The number of esters is 1. The predicted octanol–water partition coefficient (Wildman–Crippen LogP) is 7.95. The number of ether oxygens (including phenoxy) is 1. The van der Waals surface area contributed by atoms with Gasteiger partial charge in [0.25, 0.3) is 0 Å². The Morgan fingerprint density at radius 1 is 0.800 bits per heavy atom. The fourth-order valence-electron chi connectivity index (χ4n) is 3.57. The lowest BCUT2D eigenvalue weighted by atomic mass is 10.0. The lowest BCUT2D eigenvalue weighted by Crippen LogP contribution is -2.03. The summed E-state index contributed by atoms with van der Waals surface area (Å²) in [5.74, 6) is -0.350. The Bertz CT molecular complexity index is 1290. The highest BCUT2D eigenvalue weighted by Crippen LogP contribution is 2.19. The van der Waals surface area contributed by atoms with Crippen molar-refractivity contribution in [3.8, 4) is 11.1 Å². The smallest absolute Gasteiger partial charge is 0.330 e. The van der Waals surface area contributed by atoms with E-state index in [4.69, 9.17) is 16.3 Å². The molecule has 0 aliphatic heterocycles. The number of rotatable bonds is 9. The van der Waals surface area contributed by atoms with Crippen LogP contribution in [-0.4, -0.2) is 18.8 Å². The van der Waals surface area contributed by atoms with Crippen LogP contribution >= 0.6 is 11.6 Å². The number of hydrogen-bond acceptors (Lipinski definition) is 3. The lowest BCUT2D eigenvalue weighted by Gasteiger charge is -2.03. The minimum absolute atomic E-state index is 0.350. The molecule has 0 aliphatic rings. The zero-order valence-corrected chi connectivity index (χ0v) is 20.1. The zero-order chi connectivity index (χ0) is 24.3. The average Bonchev–Trinajstić information content (AvgIpc) is 2.90. The van der Waals surface area contributed by atoms with Crippen LogP contribution in [0.3, 0.4) is 0 Å². The van der Waals surface area contributed by atoms with Crippen LogP contribution in [0.25, 0.3) is 17.2 Å². The predicted molar refractivity (Wildman–Crippen MR) is 145 cm³/mol. The van der Waals surface area contributed by atoms with Crippen LogP contribution in [-0.2, 0) is 16.0 Å². The highest BCUT2D eigenvalue weighted by molar-refractivity contribution is 6.30. The van der Waals surface area contributed by atoms with Gasteiger partial charge in [-0.2, -0.15) is 0 Å². The molecule has 0 heterocycles. The highest BCUT2D eigenvalue weighted by atomic mass is 35.5. The summed E-state index contributed by atoms with van der Waals surface area (Å²) >= 11 is 5.99. The molecule has 3 nitrogen and oxygen atoms in total. The molecule has 0 aromatic heterocycles. The van der Waals surface area contributed by atoms with E-state index in [1.165, 1.54) is 17.2 Å². The van der Waals surface area contributed by atoms with E-state index >= 15 is 0 Å². The molecule has 0 saturated carbocycles. The molecule has 0 bridgehead atoms. The van der Waals surface area contributed by atoms with Gasteiger partial charge in [-0.15, -0.1) is 0 Å². The third kappa shape index (κ3) is 7.80. The molecular weight excluding hydrogens is 454 g/mol. The van der Waals surface area contributed by atoms with E-state index in [1.54, 1.807) is 6.08 Å². The number of carbonyl (C=O) groups excluding carboxylic acids is 1. The standard InChI is InChI=1S/C31H26ClNO2/c32-29-10-4-6-25(22-29)7-5-21-35-31(34)20-15-24-13-18-30(19-14-24)33-23-26-11-16-28(17-12-26)27-8-2-1-3-9-27/h1-4,6,8-20,22-23H,5,7,21H2/b20-15+,33-23?. The van der Waals surface area contributed by atoms with Crippen molar-refractivity contribution in [2.45, 2.75) is 12.8 Å². The monoisotopic (exact) mass is 479 g/mol. The Kier molecular flexibility index (Phi) is 8.63. The molecule has 0 aliphatic carbocycles. The van der Waals surface area contributed by atoms with Crippen molar-refractivity contribution >= 4 is 35.5 Å². The first-order chi connectivity index (χ1) is 17.2. The van der Waals surface area contributed by atoms with Crippen molar-refractivity contribution in [3.05, 3.63) is 131 Å². The molecule has 35 heavy (non-hydrogen) atoms. The van der Waals surface area contributed by atoms with Crippen LogP contribution in [0.2, 0.25) is 5.02 Å². The third-order valence-electron chi connectivity index (χ3n) is 5.43. The normalized spacial score (nSPS) is 11.2. The van der Waals surface area contributed by atoms with Gasteiger partial charge in [-0.3, -0.25) is 4.99 Å². The summed E-state index contributed by atoms with van der Waals surface area (Å²) in [7, 11) is 0. The van der Waals surface area contributed by atoms with Gasteiger partial charge in [0.05, 0.1) is 12.3 Å². The van der Waals surface area contributed by atoms with Gasteiger partial charge in [0.2, 0.25) is 0 Å². The molecule has 0 N–H and O–H groups in total. The van der Waals surface area contributed by atoms with E-state index in [9.17, 15) is 4.79 Å². The SMILES string of the molecule is O=C(/C=C/c1ccc(N=Cc2ccc(-c3ccccc3)cc2)cc1)OCCCc1cccc(Cl)c1. The number of nitrogens with zero attached hydrogens (tertiary/aromatic N) is 1. The van der Waals surface area contributed by atoms with E-state index in [0.717, 1.165) is 40.2 Å². The summed E-state index contributed by atoms with van der Waals surface area (Å²) in [6.07, 6.45) is 6.61. The number of aliphatic imine (C=N–C) groups is 1. The molecule has 4 aromatic carbocycles. The summed E-state index contributed by atoms with van der Waals surface area (Å²) in [6.45, 7) is 0.371. The summed E-state index contributed by atoms with van der Waals surface area (Å²) in [6, 6.07) is 34.0. The van der Waals surface area contributed by atoms with Crippen molar-refractivity contribution < 1.29 is 9.53 Å². The van der Waals surface area contributed by atoms with Gasteiger partial charge in [0.1, 0.15) is 0 Å². The molecule has 174 valence electrons. The maximum absolute atomic E-state index is 12.0. The third-order valence-corrected chi connectivity index (χ3v) is 5.66. The second-order valence-corrected chi connectivity index (χ2v) is 8.51. The Balaban J connectivity index is 1.23. The van der Waals surface area contributed by atoms with Crippen LogP contribution in [0, 0.1) is 0 Å². The molecule has 0 atom stereocenters. The lowest BCUT2D eigenvalue weighted by molar-refractivity contribution is -0.137. The van der Waals surface area contributed by atoms with Gasteiger partial charge in [0, 0.05) is 17.3 Å². The maximum atomic E-state index is 12.0. The van der Waals surface area contributed by atoms with Gasteiger partial charge in [-0.25, -0.2) is 4.79 Å². The van der Waals surface area contributed by atoms with Crippen molar-refractivity contribution in [2.75, 3.05) is 6.61 Å². The number of benzene rings is 4. The molecule has 0 spiro atoms. The summed E-state index contributed by atoms with van der Waals surface area (Å²) in [4.78, 5) is 16.5. The molecule has 4 heteroatoms. The van der Waals surface area contributed by atoms with Gasteiger partial charge in [0.15, 0.2) is 0 Å². The Morgan fingerprint density at radius 2 is 1.51 bits per heavy atom. The van der Waals surface area contributed by atoms with Gasteiger partial charge in [-0.05, 0) is 71.0 Å². The number of halogens is 1. The summed E-state index contributed by atoms with van der Waals surface area (Å²) in [5.41, 5.74) is 6.30. The second kappa shape index (κ2) is 12.5. The van der Waals surface area contributed by atoms with E-state index in [0.29, 0.717) is 6.61 Å². The van der Waals surface area contributed by atoms with Crippen LogP contribution < -0.4 is 0 Å². The first-order valence-electron chi connectivity index (χ1n) is 11.5. The van der Waals surface area contributed by atoms with Crippen molar-refractivity contribution in [1.82, 2.24) is 0 Å². The minimum Gasteiger partial charge on any atom is -0.463 e. The molecule has 0 unspecified atom stereocenters. The van der Waals surface area contributed by atoms with Gasteiger partial charge < -0.3 is 4.74 Å². The number of aryl methyl sites for hydroxylation is 1. The van der Waals surface area contributed by atoms with Gasteiger partial charge >= 0.3 is 5.97 Å². The molecule has 4 aromatic rings. The molecule has 0 amide bonds. The Morgan fingerprint density at radius 3 is 2.26 bits per heavy atom. The summed E-state index contributed by atoms with van der Waals surface area (Å²) in [5, 5.41) is 0.719. The topological polar surface area (TPSA) is 38.7 Å².